The lowest BCUT2D eigenvalue weighted by molar-refractivity contribution is 0.882. The van der Waals surface area contributed by atoms with Gasteiger partial charge in [-0.2, -0.15) is 0 Å². The first-order valence-corrected chi connectivity index (χ1v) is 6.96. The Morgan fingerprint density at radius 3 is 2.81 bits per heavy atom. The van der Waals surface area contributed by atoms with Crippen LogP contribution in [0.15, 0.2) is 29.9 Å². The van der Waals surface area contributed by atoms with Crippen LogP contribution in [-0.2, 0) is 0 Å². The predicted octanol–water partition coefficient (Wildman–Crippen LogP) is 4.25. The monoisotopic (exact) mass is 248 g/mol. The average molecular weight is 248 g/mol. The fourth-order valence-electron chi connectivity index (χ4n) is 1.62. The van der Waals surface area contributed by atoms with E-state index in [1.165, 1.54) is 9.75 Å². The molecule has 0 saturated heterocycles. The third kappa shape index (κ3) is 1.58. The Labute approximate surface area is 102 Å². The number of aromatic nitrogens is 2. The zero-order valence-corrected chi connectivity index (χ0v) is 10.8. The van der Waals surface area contributed by atoms with E-state index in [4.69, 9.17) is 0 Å². The zero-order chi connectivity index (χ0) is 11.1. The minimum absolute atomic E-state index is 0.580. The summed E-state index contributed by atoms with van der Waals surface area (Å²) in [5, 5.41) is 2.09. The predicted molar refractivity (Wildman–Crippen MR) is 70.5 cm³/mol. The van der Waals surface area contributed by atoms with Crippen molar-refractivity contribution in [2.24, 2.45) is 0 Å². The second-order valence-electron chi connectivity index (χ2n) is 4.08. The first-order chi connectivity index (χ1) is 7.74. The highest BCUT2D eigenvalue weighted by molar-refractivity contribution is 7.17. The van der Waals surface area contributed by atoms with Gasteiger partial charge in [0.25, 0.3) is 0 Å². The summed E-state index contributed by atoms with van der Waals surface area (Å²) in [4.78, 5) is 8.37. The number of rotatable bonds is 2. The Morgan fingerprint density at radius 2 is 2.19 bits per heavy atom. The standard InChI is InChI=1S/C12H12N2S2/c1-8(2)11-7-14-6-9(13-12(14)16-11)10-4-3-5-15-10/h3-8H,1-2H3. The number of imidazole rings is 1. The lowest BCUT2D eigenvalue weighted by Crippen LogP contribution is -1.80. The maximum absolute atomic E-state index is 4.65. The number of thiophene rings is 1. The molecule has 2 nitrogen and oxygen atoms in total. The Morgan fingerprint density at radius 1 is 1.31 bits per heavy atom. The maximum atomic E-state index is 4.65. The Kier molecular flexibility index (Phi) is 2.33. The summed E-state index contributed by atoms with van der Waals surface area (Å²) in [7, 11) is 0. The quantitative estimate of drug-likeness (QED) is 0.663. The van der Waals surface area contributed by atoms with Crippen LogP contribution in [0, 0.1) is 0 Å². The van der Waals surface area contributed by atoms with Crippen LogP contribution in [0.1, 0.15) is 24.6 Å². The number of thiazole rings is 1. The molecule has 0 aliphatic carbocycles. The first-order valence-electron chi connectivity index (χ1n) is 5.26. The number of hydrogen-bond acceptors (Lipinski definition) is 3. The molecular formula is C12H12N2S2. The smallest absolute Gasteiger partial charge is 0.194 e. The second-order valence-corrected chi connectivity index (χ2v) is 6.07. The Hall–Kier alpha value is -1.13. The van der Waals surface area contributed by atoms with Gasteiger partial charge in [-0.05, 0) is 17.4 Å². The van der Waals surface area contributed by atoms with Crippen molar-refractivity contribution in [1.29, 1.82) is 0 Å². The van der Waals surface area contributed by atoms with Crippen LogP contribution in [0.25, 0.3) is 15.5 Å². The van der Waals surface area contributed by atoms with Crippen molar-refractivity contribution < 1.29 is 0 Å². The summed E-state index contributed by atoms with van der Waals surface area (Å²) in [6.07, 6.45) is 4.30. The second kappa shape index (κ2) is 3.71. The molecule has 0 saturated carbocycles. The lowest BCUT2D eigenvalue weighted by Gasteiger charge is -1.96. The molecule has 0 aromatic carbocycles. The van der Waals surface area contributed by atoms with Gasteiger partial charge >= 0.3 is 0 Å². The lowest BCUT2D eigenvalue weighted by atomic mass is 10.2. The molecule has 0 radical (unpaired) electrons. The summed E-state index contributed by atoms with van der Waals surface area (Å²) in [6, 6.07) is 4.17. The van der Waals surface area contributed by atoms with Gasteiger partial charge in [-0.25, -0.2) is 4.98 Å². The van der Waals surface area contributed by atoms with E-state index < -0.39 is 0 Å². The van der Waals surface area contributed by atoms with E-state index in [1.807, 2.05) is 0 Å². The van der Waals surface area contributed by atoms with Crippen molar-refractivity contribution in [2.45, 2.75) is 19.8 Å². The van der Waals surface area contributed by atoms with Gasteiger partial charge < -0.3 is 0 Å². The molecule has 4 heteroatoms. The van der Waals surface area contributed by atoms with E-state index in [-0.39, 0.29) is 0 Å². The van der Waals surface area contributed by atoms with Gasteiger partial charge in [-0.15, -0.1) is 22.7 Å². The van der Waals surface area contributed by atoms with E-state index in [1.54, 1.807) is 22.7 Å². The number of nitrogens with zero attached hydrogens (tertiary/aromatic N) is 2. The number of hydrogen-bond donors (Lipinski definition) is 0. The highest BCUT2D eigenvalue weighted by Gasteiger charge is 2.10. The molecule has 0 spiro atoms. The van der Waals surface area contributed by atoms with Crippen LogP contribution >= 0.6 is 22.7 Å². The van der Waals surface area contributed by atoms with Gasteiger partial charge in [0, 0.05) is 17.3 Å². The van der Waals surface area contributed by atoms with Crippen molar-refractivity contribution in [3.05, 3.63) is 34.8 Å². The molecule has 0 fully saturated rings. The Bertz CT molecular complexity index is 571. The fraction of sp³-hybridized carbons (Fsp3) is 0.250. The zero-order valence-electron chi connectivity index (χ0n) is 9.18. The highest BCUT2D eigenvalue weighted by atomic mass is 32.1. The molecular weight excluding hydrogens is 236 g/mol. The van der Waals surface area contributed by atoms with Gasteiger partial charge in [0.15, 0.2) is 4.96 Å². The molecule has 3 aromatic heterocycles. The number of fused-ring (bicyclic) bond motifs is 1. The van der Waals surface area contributed by atoms with E-state index in [2.05, 4.69) is 53.1 Å². The topological polar surface area (TPSA) is 17.3 Å². The minimum atomic E-state index is 0.580. The van der Waals surface area contributed by atoms with E-state index in [0.717, 1.165) is 10.7 Å². The Balaban J connectivity index is 2.08. The van der Waals surface area contributed by atoms with Crippen molar-refractivity contribution in [3.8, 4) is 10.6 Å². The fourth-order valence-corrected chi connectivity index (χ4v) is 3.27. The minimum Gasteiger partial charge on any atom is -0.297 e. The van der Waals surface area contributed by atoms with Crippen LogP contribution in [-0.4, -0.2) is 9.38 Å². The summed E-state index contributed by atoms with van der Waals surface area (Å²) >= 11 is 3.51. The van der Waals surface area contributed by atoms with Crippen LogP contribution in [0.5, 0.6) is 0 Å². The molecule has 3 heterocycles. The van der Waals surface area contributed by atoms with Gasteiger partial charge in [-0.1, -0.05) is 19.9 Å². The summed E-state index contributed by atoms with van der Waals surface area (Å²) in [5.74, 6) is 0.580. The molecule has 3 aromatic rings. The molecule has 16 heavy (non-hydrogen) atoms. The van der Waals surface area contributed by atoms with Crippen LogP contribution in [0.2, 0.25) is 0 Å². The molecule has 0 atom stereocenters. The molecule has 0 amide bonds. The van der Waals surface area contributed by atoms with Gasteiger partial charge in [0.1, 0.15) is 5.69 Å². The van der Waals surface area contributed by atoms with E-state index in [9.17, 15) is 0 Å². The van der Waals surface area contributed by atoms with Crippen molar-refractivity contribution in [2.75, 3.05) is 0 Å². The van der Waals surface area contributed by atoms with Crippen LogP contribution in [0.4, 0.5) is 0 Å². The van der Waals surface area contributed by atoms with Gasteiger partial charge in [0.2, 0.25) is 0 Å². The SMILES string of the molecule is CC(C)c1cn2cc(-c3cccs3)nc2s1. The molecule has 0 aliphatic heterocycles. The summed E-state index contributed by atoms with van der Waals surface area (Å²) < 4.78 is 2.13. The third-order valence-corrected chi connectivity index (χ3v) is 4.71. The average Bonchev–Trinajstić information content (AvgIpc) is 2.91. The highest BCUT2D eigenvalue weighted by Crippen LogP contribution is 2.29. The van der Waals surface area contributed by atoms with Gasteiger partial charge in [-0.3, -0.25) is 4.40 Å². The maximum Gasteiger partial charge on any atom is 0.194 e. The first kappa shape index (κ1) is 10.1. The van der Waals surface area contributed by atoms with Crippen molar-refractivity contribution in [3.63, 3.8) is 0 Å². The normalized spacial score (nSPS) is 11.7. The van der Waals surface area contributed by atoms with Crippen LogP contribution < -0.4 is 0 Å². The summed E-state index contributed by atoms with van der Waals surface area (Å²) in [5.41, 5.74) is 1.08. The van der Waals surface area contributed by atoms with Gasteiger partial charge in [0.05, 0.1) is 4.88 Å². The molecule has 0 bridgehead atoms. The van der Waals surface area contributed by atoms with E-state index in [0.29, 0.717) is 5.92 Å². The molecule has 3 rings (SSSR count). The molecule has 0 N–H and O–H groups in total. The molecule has 0 unspecified atom stereocenters. The van der Waals surface area contributed by atoms with E-state index >= 15 is 0 Å². The largest absolute Gasteiger partial charge is 0.297 e. The van der Waals surface area contributed by atoms with Crippen LogP contribution in [0.3, 0.4) is 0 Å². The van der Waals surface area contributed by atoms with Crippen molar-refractivity contribution in [1.82, 2.24) is 9.38 Å². The third-order valence-electron chi connectivity index (χ3n) is 2.52. The molecule has 82 valence electrons. The van der Waals surface area contributed by atoms with Crippen molar-refractivity contribution >= 4 is 27.6 Å². The molecule has 0 aliphatic rings. The summed E-state index contributed by atoms with van der Waals surface area (Å²) in [6.45, 7) is 4.43.